The minimum Gasteiger partial charge on any atom is -0.493 e. The lowest BCUT2D eigenvalue weighted by Crippen LogP contribution is -2.45. The van der Waals surface area contributed by atoms with Crippen LogP contribution in [0.3, 0.4) is 0 Å². The molecule has 0 fully saturated rings. The molecule has 0 spiro atoms. The highest BCUT2D eigenvalue weighted by molar-refractivity contribution is 7.86. The van der Waals surface area contributed by atoms with Crippen molar-refractivity contribution in [3.05, 3.63) is 78.5 Å². The average Bonchev–Trinajstić information content (AvgIpc) is 3.05. The highest BCUT2D eigenvalue weighted by Gasteiger charge is 2.24. The van der Waals surface area contributed by atoms with E-state index >= 15 is 0 Å². The normalized spacial score (nSPS) is 12.8. The van der Waals surface area contributed by atoms with Crippen LogP contribution >= 0.6 is 0 Å². The summed E-state index contributed by atoms with van der Waals surface area (Å²) in [7, 11) is -5.79. The van der Waals surface area contributed by atoms with Gasteiger partial charge in [-0.3, -0.25) is 24.0 Å². The Morgan fingerprint density at radius 2 is 1.57 bits per heavy atom. The zero-order chi connectivity index (χ0) is 35.3. The molecule has 0 aliphatic rings. The first-order chi connectivity index (χ1) is 23.2. The van der Waals surface area contributed by atoms with Crippen LogP contribution in [-0.4, -0.2) is 97.3 Å². The van der Waals surface area contributed by atoms with Gasteiger partial charge in [-0.25, -0.2) is 9.37 Å². The van der Waals surface area contributed by atoms with Gasteiger partial charge in [-0.15, -0.1) is 0 Å². The summed E-state index contributed by atoms with van der Waals surface area (Å²) in [5.74, 6) is -0.388. The van der Waals surface area contributed by atoms with E-state index < -0.39 is 43.6 Å². The molecule has 0 aliphatic carbocycles. The van der Waals surface area contributed by atoms with Crippen LogP contribution in [0.2, 0.25) is 0 Å². The van der Waals surface area contributed by atoms with E-state index in [0.717, 1.165) is 10.8 Å². The predicted octanol–water partition coefficient (Wildman–Crippen LogP) is 3.65. The van der Waals surface area contributed by atoms with Crippen molar-refractivity contribution in [1.29, 1.82) is 0 Å². The molecule has 0 radical (unpaired) electrons. The molecule has 17 heteroatoms. The van der Waals surface area contributed by atoms with Gasteiger partial charge >= 0.3 is 0 Å². The summed E-state index contributed by atoms with van der Waals surface area (Å²) < 4.78 is 96.3. The Labute approximate surface area is 282 Å². The third-order valence-corrected chi connectivity index (χ3v) is 9.21. The van der Waals surface area contributed by atoms with Crippen LogP contribution in [-0.2, 0) is 26.7 Å². The fourth-order valence-corrected chi connectivity index (χ4v) is 6.34. The second-order valence-electron chi connectivity index (χ2n) is 11.2. The van der Waals surface area contributed by atoms with Crippen molar-refractivity contribution in [1.82, 2.24) is 19.9 Å². The van der Waals surface area contributed by atoms with Gasteiger partial charge in [0.25, 0.3) is 20.2 Å². The van der Waals surface area contributed by atoms with E-state index in [0.29, 0.717) is 39.2 Å². The second kappa shape index (κ2) is 14.8. The van der Waals surface area contributed by atoms with E-state index in [1.54, 1.807) is 36.7 Å². The van der Waals surface area contributed by atoms with E-state index in [9.17, 15) is 30.3 Å². The molecule has 1 atom stereocenters. The number of aromatic nitrogens is 3. The van der Waals surface area contributed by atoms with Crippen LogP contribution in [0.5, 0.6) is 17.2 Å². The molecule has 1 unspecified atom stereocenters. The van der Waals surface area contributed by atoms with E-state index in [2.05, 4.69) is 15.0 Å². The van der Waals surface area contributed by atoms with Crippen molar-refractivity contribution in [2.24, 2.45) is 0 Å². The van der Waals surface area contributed by atoms with E-state index in [1.807, 2.05) is 6.07 Å². The quantitative estimate of drug-likeness (QED) is 0.105. The maximum atomic E-state index is 14.1. The molecule has 0 bridgehead atoms. The summed E-state index contributed by atoms with van der Waals surface area (Å²) in [6.45, 7) is -0.727. The lowest BCUT2D eigenvalue weighted by atomic mass is 10.0. The molecule has 0 saturated carbocycles. The van der Waals surface area contributed by atoms with Gasteiger partial charge in [-0.2, -0.15) is 16.8 Å². The van der Waals surface area contributed by atoms with Gasteiger partial charge in [-0.05, 0) is 47.7 Å². The molecule has 2 aromatic carbocycles. The van der Waals surface area contributed by atoms with Crippen LogP contribution in [0.1, 0.15) is 5.56 Å². The highest BCUT2D eigenvalue weighted by Crippen LogP contribution is 2.37. The van der Waals surface area contributed by atoms with E-state index in [1.165, 1.54) is 43.5 Å². The van der Waals surface area contributed by atoms with Gasteiger partial charge in [0.2, 0.25) is 0 Å². The van der Waals surface area contributed by atoms with Crippen LogP contribution < -0.4 is 19.9 Å². The Hall–Kier alpha value is -4.68. The first kappa shape index (κ1) is 35.6. The number of anilines is 1. The third-order valence-electron chi connectivity index (χ3n) is 7.81. The minimum absolute atomic E-state index is 0.111. The molecule has 49 heavy (non-hydrogen) atoms. The molecule has 5 rings (SSSR count). The third kappa shape index (κ3) is 9.27. The molecule has 4 N–H and O–H groups in total. The zero-order valence-electron chi connectivity index (χ0n) is 26.5. The van der Waals surface area contributed by atoms with Crippen LogP contribution in [0.4, 0.5) is 10.2 Å². The summed E-state index contributed by atoms with van der Waals surface area (Å²) >= 11 is 0. The fourth-order valence-electron chi connectivity index (χ4n) is 5.41. The summed E-state index contributed by atoms with van der Waals surface area (Å²) in [4.78, 5) is 14.8. The lowest BCUT2D eigenvalue weighted by Gasteiger charge is -2.31. The highest BCUT2D eigenvalue weighted by atomic mass is 32.2. The molecule has 0 amide bonds. The first-order valence-corrected chi connectivity index (χ1v) is 18.0. The molecule has 3 heterocycles. The Kier molecular flexibility index (Phi) is 10.8. The van der Waals surface area contributed by atoms with Gasteiger partial charge in [0, 0.05) is 53.9 Å². The second-order valence-corrected chi connectivity index (χ2v) is 14.3. The zero-order valence-corrected chi connectivity index (χ0v) is 28.1. The summed E-state index contributed by atoms with van der Waals surface area (Å²) in [6.07, 6.45) is 4.76. The fraction of sp³-hybridized carbons (Fsp3) is 0.281. The summed E-state index contributed by atoms with van der Waals surface area (Å²) in [6, 6.07) is 12.1. The summed E-state index contributed by atoms with van der Waals surface area (Å²) in [5, 5.41) is 2.13. The van der Waals surface area contributed by atoms with Gasteiger partial charge in [0.1, 0.15) is 24.0 Å². The van der Waals surface area contributed by atoms with Crippen LogP contribution in [0, 0.1) is 5.82 Å². The number of halogens is 1. The molecule has 14 nitrogen and oxygen atoms in total. The molecule has 0 aliphatic heterocycles. The number of fused-ring (bicyclic) bond motifs is 3. The van der Waals surface area contributed by atoms with Crippen molar-refractivity contribution in [2.45, 2.75) is 12.5 Å². The van der Waals surface area contributed by atoms with Gasteiger partial charge in [0.05, 0.1) is 43.1 Å². The van der Waals surface area contributed by atoms with Crippen molar-refractivity contribution < 1.29 is 44.5 Å². The first-order valence-electron chi connectivity index (χ1n) is 14.8. The van der Waals surface area contributed by atoms with Crippen molar-refractivity contribution >= 4 is 47.7 Å². The van der Waals surface area contributed by atoms with Crippen molar-refractivity contribution in [3.8, 4) is 28.5 Å². The average molecular weight is 716 g/mol. The van der Waals surface area contributed by atoms with Gasteiger partial charge < -0.3 is 19.9 Å². The Morgan fingerprint density at radius 3 is 2.22 bits per heavy atom. The Bertz CT molecular complexity index is 2170. The smallest absolute Gasteiger partial charge is 0.266 e. The maximum absolute atomic E-state index is 14.1. The number of rotatable bonds is 15. The minimum atomic E-state index is -4.43. The van der Waals surface area contributed by atoms with Crippen LogP contribution in [0.15, 0.2) is 67.1 Å². The number of hydrogen-bond acceptors (Lipinski definition) is 12. The number of benzene rings is 2. The Morgan fingerprint density at radius 1 is 0.878 bits per heavy atom. The Balaban J connectivity index is 1.47. The number of methoxy groups -OCH3 is 2. The van der Waals surface area contributed by atoms with E-state index in [-0.39, 0.29) is 37.7 Å². The predicted molar refractivity (Wildman–Crippen MR) is 182 cm³/mol. The largest absolute Gasteiger partial charge is 0.493 e. The molecule has 260 valence electrons. The van der Waals surface area contributed by atoms with Crippen molar-refractivity contribution in [2.75, 3.05) is 51.2 Å². The molecular weight excluding hydrogens is 682 g/mol. The number of hydrogen-bond donors (Lipinski definition) is 3. The molecular formula is C32H34FN5O9S2. The number of nitrogens with two attached hydrogens (primary N) is 1. The lowest BCUT2D eigenvalue weighted by molar-refractivity contribution is 0.145. The number of nitrogens with zero attached hydrogens (tertiary/aromatic N) is 4. The van der Waals surface area contributed by atoms with Gasteiger partial charge in [-0.1, -0.05) is 12.1 Å². The summed E-state index contributed by atoms with van der Waals surface area (Å²) in [5.41, 5.74) is 8.57. The number of ether oxygens (including phenoxy) is 3. The number of nitrogen functional groups attached to an aromatic ring is 1. The van der Waals surface area contributed by atoms with E-state index in [4.69, 9.17) is 19.9 Å². The molecule has 5 aromatic rings. The monoisotopic (exact) mass is 715 g/mol. The maximum Gasteiger partial charge on any atom is 0.266 e. The standard InChI is InChI=1S/C32H34FN5O9S2/c1-45-30-14-26-25-13-28(37-32(34)27(25)18-36-29(26)15-31(30)46-2)21-12-24(17-35-16-21)47-19-23(11-20-4-3-5-22(33)10-20)38(6-8-48(39,40)41)7-9-49(42,43)44/h3-5,10,12-18,23H,6-9,11,19H2,1-2H3,(H2,34,37)(H,39,40,41)(H,42,43,44). The molecule has 0 saturated heterocycles. The van der Waals surface area contributed by atoms with Gasteiger partial charge in [0.15, 0.2) is 11.5 Å². The molecule has 3 aromatic heterocycles. The topological polar surface area (TPSA) is 204 Å². The SMILES string of the molecule is COc1cc2ncc3c(N)nc(-c4cncc(OCC(Cc5cccc(F)c5)N(CCS(=O)(=O)O)CCS(=O)(=O)O)c4)cc3c2cc1OC. The number of pyridine rings is 3. The van der Waals surface area contributed by atoms with Crippen molar-refractivity contribution in [3.63, 3.8) is 0 Å². The van der Waals surface area contributed by atoms with Crippen LogP contribution in [0.25, 0.3) is 32.9 Å².